The van der Waals surface area contributed by atoms with E-state index in [-0.39, 0.29) is 12.3 Å². The Labute approximate surface area is 149 Å². The van der Waals surface area contributed by atoms with Crippen molar-refractivity contribution in [3.8, 4) is 0 Å². The minimum atomic E-state index is -0.802. The molecule has 1 N–H and O–H groups in total. The lowest BCUT2D eigenvalue weighted by Gasteiger charge is -2.34. The molecule has 0 unspecified atom stereocenters. The number of para-hydroxylation sites is 1. The van der Waals surface area contributed by atoms with E-state index in [2.05, 4.69) is 5.32 Å². The zero-order valence-electron chi connectivity index (χ0n) is 14.1. The molecule has 0 atom stereocenters. The predicted molar refractivity (Wildman–Crippen MR) is 90.7 cm³/mol. The molecule has 0 spiro atoms. The van der Waals surface area contributed by atoms with E-state index in [0.29, 0.717) is 38.5 Å². The predicted octanol–water partition coefficient (Wildman–Crippen LogP) is 2.34. The first kappa shape index (κ1) is 18.1. The molecule has 2 aromatic rings. The summed E-state index contributed by atoms with van der Waals surface area (Å²) in [7, 11) is 0. The second-order valence-corrected chi connectivity index (χ2v) is 6.01. The number of nitrogens with one attached hydrogen (secondary N) is 1. The van der Waals surface area contributed by atoms with E-state index in [4.69, 9.17) is 4.42 Å². The first-order chi connectivity index (χ1) is 12.5. The van der Waals surface area contributed by atoms with E-state index in [1.807, 2.05) is 4.90 Å². The van der Waals surface area contributed by atoms with E-state index >= 15 is 0 Å². The van der Waals surface area contributed by atoms with Crippen molar-refractivity contribution < 1.29 is 22.8 Å². The first-order valence-corrected chi connectivity index (χ1v) is 8.33. The molecule has 1 aromatic heterocycles. The number of benzene rings is 1. The average Bonchev–Trinajstić information content (AvgIpc) is 3.18. The van der Waals surface area contributed by atoms with Crippen molar-refractivity contribution in [2.75, 3.05) is 38.0 Å². The summed E-state index contributed by atoms with van der Waals surface area (Å²) in [5.41, 5.74) is -0.425. The summed E-state index contributed by atoms with van der Waals surface area (Å²) in [5.74, 6) is -1.90. The molecule has 6 nitrogen and oxygen atoms in total. The molecule has 2 heterocycles. The van der Waals surface area contributed by atoms with Crippen LogP contribution in [-0.4, -0.2) is 54.3 Å². The van der Waals surface area contributed by atoms with Gasteiger partial charge in [0.05, 0.1) is 6.26 Å². The minimum Gasteiger partial charge on any atom is -0.459 e. The second kappa shape index (κ2) is 8.09. The fourth-order valence-corrected chi connectivity index (χ4v) is 2.81. The van der Waals surface area contributed by atoms with Crippen LogP contribution in [0.1, 0.15) is 17.0 Å². The molecule has 26 heavy (non-hydrogen) atoms. The molecule has 1 fully saturated rings. The van der Waals surface area contributed by atoms with Crippen LogP contribution in [-0.2, 0) is 4.79 Å². The summed E-state index contributed by atoms with van der Waals surface area (Å²) in [6.07, 6.45) is 1.57. The Bertz CT molecular complexity index is 752. The molecule has 1 aliphatic rings. The van der Waals surface area contributed by atoms with Gasteiger partial charge in [-0.25, -0.2) is 8.78 Å². The molecule has 1 saturated heterocycles. The lowest BCUT2D eigenvalue weighted by molar-refractivity contribution is -0.116. The highest BCUT2D eigenvalue weighted by Crippen LogP contribution is 2.18. The van der Waals surface area contributed by atoms with Crippen LogP contribution in [0, 0.1) is 11.6 Å². The van der Waals surface area contributed by atoms with E-state index in [1.165, 1.54) is 12.3 Å². The van der Waals surface area contributed by atoms with Crippen LogP contribution in [0.4, 0.5) is 14.5 Å². The third kappa shape index (κ3) is 4.26. The quantitative estimate of drug-likeness (QED) is 0.886. The zero-order valence-corrected chi connectivity index (χ0v) is 14.1. The third-order valence-electron chi connectivity index (χ3n) is 4.27. The van der Waals surface area contributed by atoms with Crippen LogP contribution in [0.25, 0.3) is 0 Å². The van der Waals surface area contributed by atoms with Gasteiger partial charge in [0.25, 0.3) is 5.91 Å². The van der Waals surface area contributed by atoms with Crippen molar-refractivity contribution in [1.29, 1.82) is 0 Å². The van der Waals surface area contributed by atoms with Crippen molar-refractivity contribution in [2.24, 2.45) is 0 Å². The highest BCUT2D eigenvalue weighted by Gasteiger charge is 2.24. The van der Waals surface area contributed by atoms with Crippen molar-refractivity contribution in [3.05, 3.63) is 54.0 Å². The molecule has 0 radical (unpaired) electrons. The molecule has 0 aliphatic carbocycles. The molecular weight excluding hydrogens is 344 g/mol. The van der Waals surface area contributed by atoms with Gasteiger partial charge in [-0.3, -0.25) is 14.5 Å². The SMILES string of the molecule is O=C(CCN1CCN(C(=O)c2ccco2)CC1)Nc1c(F)cccc1F. The van der Waals surface area contributed by atoms with Crippen LogP contribution in [0.15, 0.2) is 41.0 Å². The van der Waals surface area contributed by atoms with Crippen molar-refractivity contribution in [3.63, 3.8) is 0 Å². The minimum absolute atomic E-state index is 0.111. The van der Waals surface area contributed by atoms with Crippen molar-refractivity contribution in [2.45, 2.75) is 6.42 Å². The highest BCUT2D eigenvalue weighted by atomic mass is 19.1. The van der Waals surface area contributed by atoms with Gasteiger partial charge in [0.2, 0.25) is 5.91 Å². The Hall–Kier alpha value is -2.74. The number of carbonyl (C=O) groups excluding carboxylic acids is 2. The lowest BCUT2D eigenvalue weighted by atomic mass is 10.2. The molecule has 1 aliphatic heterocycles. The van der Waals surface area contributed by atoms with Gasteiger partial charge in [-0.15, -0.1) is 0 Å². The molecule has 0 saturated carbocycles. The summed E-state index contributed by atoms with van der Waals surface area (Å²) in [4.78, 5) is 27.8. The van der Waals surface area contributed by atoms with Gasteiger partial charge in [0, 0.05) is 39.1 Å². The Kier molecular flexibility index (Phi) is 5.62. The maximum atomic E-state index is 13.5. The molecule has 3 rings (SSSR count). The van der Waals surface area contributed by atoms with Crippen LogP contribution in [0.2, 0.25) is 0 Å². The number of hydrogen-bond donors (Lipinski definition) is 1. The fourth-order valence-electron chi connectivity index (χ4n) is 2.81. The highest BCUT2D eigenvalue weighted by molar-refractivity contribution is 5.92. The number of nitrogens with zero attached hydrogens (tertiary/aromatic N) is 2. The van der Waals surface area contributed by atoms with Gasteiger partial charge >= 0.3 is 0 Å². The van der Waals surface area contributed by atoms with Crippen molar-refractivity contribution >= 4 is 17.5 Å². The number of anilines is 1. The number of piperazine rings is 1. The molecule has 2 amide bonds. The molecule has 0 bridgehead atoms. The van der Waals surface area contributed by atoms with E-state index in [1.54, 1.807) is 17.0 Å². The van der Waals surface area contributed by atoms with Gasteiger partial charge in [0.15, 0.2) is 5.76 Å². The monoisotopic (exact) mass is 363 g/mol. The van der Waals surface area contributed by atoms with Crippen LogP contribution in [0.3, 0.4) is 0 Å². The van der Waals surface area contributed by atoms with Gasteiger partial charge in [0.1, 0.15) is 17.3 Å². The van der Waals surface area contributed by atoms with Gasteiger partial charge in [-0.2, -0.15) is 0 Å². The summed E-state index contributed by atoms with van der Waals surface area (Å²) in [5, 5.41) is 2.27. The van der Waals surface area contributed by atoms with Gasteiger partial charge in [-0.05, 0) is 24.3 Å². The maximum absolute atomic E-state index is 13.5. The Morgan fingerprint density at radius 2 is 1.73 bits per heavy atom. The Balaban J connectivity index is 1.44. The number of halogens is 2. The molecular formula is C18H19F2N3O3. The van der Waals surface area contributed by atoms with Crippen LogP contribution >= 0.6 is 0 Å². The van der Waals surface area contributed by atoms with E-state index in [9.17, 15) is 18.4 Å². The average molecular weight is 363 g/mol. The summed E-state index contributed by atoms with van der Waals surface area (Å²) in [6, 6.07) is 6.72. The number of hydrogen-bond acceptors (Lipinski definition) is 4. The number of carbonyl (C=O) groups is 2. The number of furan rings is 1. The summed E-state index contributed by atoms with van der Waals surface area (Å²) >= 11 is 0. The molecule has 138 valence electrons. The Morgan fingerprint density at radius 3 is 2.35 bits per heavy atom. The van der Waals surface area contributed by atoms with Crippen LogP contribution < -0.4 is 5.32 Å². The topological polar surface area (TPSA) is 65.8 Å². The van der Waals surface area contributed by atoms with Gasteiger partial charge in [-0.1, -0.05) is 6.07 Å². The van der Waals surface area contributed by atoms with Gasteiger partial charge < -0.3 is 14.6 Å². The first-order valence-electron chi connectivity index (χ1n) is 8.33. The normalized spacial score (nSPS) is 15.1. The second-order valence-electron chi connectivity index (χ2n) is 6.01. The molecule has 8 heteroatoms. The molecule has 1 aromatic carbocycles. The number of rotatable bonds is 5. The largest absolute Gasteiger partial charge is 0.459 e. The van der Waals surface area contributed by atoms with E-state index < -0.39 is 23.2 Å². The Morgan fingerprint density at radius 1 is 1.04 bits per heavy atom. The maximum Gasteiger partial charge on any atom is 0.289 e. The smallest absolute Gasteiger partial charge is 0.289 e. The third-order valence-corrected chi connectivity index (χ3v) is 4.27. The number of amides is 2. The zero-order chi connectivity index (χ0) is 18.5. The summed E-state index contributed by atoms with van der Waals surface area (Å²) < 4.78 is 32.2. The summed E-state index contributed by atoms with van der Waals surface area (Å²) in [6.45, 7) is 2.75. The lowest BCUT2D eigenvalue weighted by Crippen LogP contribution is -2.49. The fraction of sp³-hybridized carbons (Fsp3) is 0.333. The standard InChI is InChI=1S/C18H19F2N3O3/c19-13-3-1-4-14(20)17(13)21-16(24)6-7-22-8-10-23(11-9-22)18(25)15-5-2-12-26-15/h1-5,12H,6-11H2,(H,21,24). The van der Waals surface area contributed by atoms with Crippen molar-refractivity contribution in [1.82, 2.24) is 9.80 Å². The van der Waals surface area contributed by atoms with Crippen LogP contribution in [0.5, 0.6) is 0 Å². The van der Waals surface area contributed by atoms with E-state index in [0.717, 1.165) is 12.1 Å².